The molecule has 1 atom stereocenters. The van der Waals surface area contributed by atoms with Gasteiger partial charge in [-0.25, -0.2) is 5.48 Å². The monoisotopic (exact) mass is 261 g/mol. The fourth-order valence-electron chi connectivity index (χ4n) is 2.32. The fraction of sp³-hybridized carbons (Fsp3) is 0.357. The van der Waals surface area contributed by atoms with Gasteiger partial charge in [-0.3, -0.25) is 10.0 Å². The van der Waals surface area contributed by atoms with Crippen molar-refractivity contribution in [2.75, 3.05) is 0 Å². The van der Waals surface area contributed by atoms with Crippen molar-refractivity contribution < 1.29 is 10.0 Å². The zero-order valence-electron chi connectivity index (χ0n) is 11.0. The summed E-state index contributed by atoms with van der Waals surface area (Å²) >= 11 is 0. The number of nitrogens with zero attached hydrogens (tertiary/aromatic N) is 1. The Morgan fingerprint density at radius 2 is 2.21 bits per heavy atom. The van der Waals surface area contributed by atoms with Crippen molar-refractivity contribution in [1.29, 1.82) is 0 Å². The summed E-state index contributed by atoms with van der Waals surface area (Å²) in [6.45, 7) is 3.06. The molecule has 0 saturated carbocycles. The van der Waals surface area contributed by atoms with E-state index in [1.54, 1.807) is 5.48 Å². The molecule has 1 heterocycles. The molecule has 1 amide bonds. The minimum Gasteiger partial charge on any atom is -0.347 e. The number of carbonyl (C=O) groups is 1. The van der Waals surface area contributed by atoms with Crippen LogP contribution in [0.15, 0.2) is 30.5 Å². The number of hydrogen-bond donors (Lipinski definition) is 3. The van der Waals surface area contributed by atoms with Gasteiger partial charge in [0.15, 0.2) is 0 Å². The molecule has 2 aromatic rings. The van der Waals surface area contributed by atoms with Crippen LogP contribution in [0.25, 0.3) is 10.9 Å². The molecule has 0 radical (unpaired) electrons. The first kappa shape index (κ1) is 13.6. The van der Waals surface area contributed by atoms with Gasteiger partial charge in [-0.05, 0) is 24.5 Å². The van der Waals surface area contributed by atoms with Gasteiger partial charge in [-0.15, -0.1) is 0 Å². The van der Waals surface area contributed by atoms with Gasteiger partial charge in [0.2, 0.25) is 0 Å². The van der Waals surface area contributed by atoms with E-state index in [0.717, 1.165) is 29.4 Å². The van der Waals surface area contributed by atoms with E-state index in [9.17, 15) is 4.79 Å². The highest BCUT2D eigenvalue weighted by molar-refractivity contribution is 5.86. The second-order valence-electron chi connectivity index (χ2n) is 4.65. The summed E-state index contributed by atoms with van der Waals surface area (Å²) in [6.07, 6.45) is 3.49. The summed E-state index contributed by atoms with van der Waals surface area (Å²) in [6, 6.07) is 7.32. The third kappa shape index (κ3) is 2.77. The topological polar surface area (TPSA) is 80.3 Å². The normalized spacial score (nSPS) is 12.6. The van der Waals surface area contributed by atoms with Crippen LogP contribution in [-0.2, 0) is 17.8 Å². The Labute approximate surface area is 112 Å². The molecule has 4 N–H and O–H groups in total. The molecule has 0 aliphatic heterocycles. The molecule has 0 aliphatic rings. The number of fused-ring (bicyclic) bond motifs is 1. The van der Waals surface area contributed by atoms with Crippen LogP contribution >= 0.6 is 0 Å². The predicted molar refractivity (Wildman–Crippen MR) is 73.8 cm³/mol. The summed E-state index contributed by atoms with van der Waals surface area (Å²) in [5.74, 6) is -0.563. The number of carbonyl (C=O) groups excluding carboxylic acids is 1. The Balaban J connectivity index is 2.35. The number of nitrogens with one attached hydrogen (secondary N) is 1. The van der Waals surface area contributed by atoms with Crippen LogP contribution < -0.4 is 11.2 Å². The summed E-state index contributed by atoms with van der Waals surface area (Å²) in [4.78, 5) is 11.3. The van der Waals surface area contributed by atoms with E-state index < -0.39 is 11.9 Å². The number of benzene rings is 1. The maximum absolute atomic E-state index is 11.3. The molecule has 0 aliphatic carbocycles. The van der Waals surface area contributed by atoms with Crippen molar-refractivity contribution in [2.24, 2.45) is 5.73 Å². The van der Waals surface area contributed by atoms with E-state index in [-0.39, 0.29) is 0 Å². The molecule has 19 heavy (non-hydrogen) atoms. The summed E-state index contributed by atoms with van der Waals surface area (Å²) < 4.78 is 2.17. The van der Waals surface area contributed by atoms with Gasteiger partial charge in [0, 0.05) is 23.6 Å². The average molecular weight is 261 g/mol. The molecule has 5 nitrogen and oxygen atoms in total. The van der Waals surface area contributed by atoms with Crippen molar-refractivity contribution in [3.05, 3.63) is 36.0 Å². The molecular formula is C14H19N3O2. The number of hydroxylamine groups is 1. The van der Waals surface area contributed by atoms with Gasteiger partial charge in [0.05, 0.1) is 6.04 Å². The maximum Gasteiger partial charge on any atom is 0.260 e. The largest absolute Gasteiger partial charge is 0.347 e. The Morgan fingerprint density at radius 3 is 2.89 bits per heavy atom. The Kier molecular flexibility index (Phi) is 4.19. The molecule has 0 unspecified atom stereocenters. The van der Waals surface area contributed by atoms with E-state index in [1.165, 1.54) is 0 Å². The van der Waals surface area contributed by atoms with Crippen LogP contribution in [-0.4, -0.2) is 21.7 Å². The summed E-state index contributed by atoms with van der Waals surface area (Å²) in [5, 5.41) is 9.71. The standard InChI is InChI=1S/C14H19N3O2/c1-2-7-17-9-10(8-12(15)14(18)16-19)11-5-3-4-6-13(11)17/h3-6,9,12,19H,2,7-8,15H2,1H3,(H,16,18)/t12-/m1/s1. The lowest BCUT2D eigenvalue weighted by Gasteiger charge is -2.07. The van der Waals surface area contributed by atoms with Gasteiger partial charge in [-0.1, -0.05) is 25.1 Å². The lowest BCUT2D eigenvalue weighted by atomic mass is 10.1. The molecule has 102 valence electrons. The number of hydrogen-bond acceptors (Lipinski definition) is 3. The van der Waals surface area contributed by atoms with Crippen molar-refractivity contribution in [1.82, 2.24) is 10.0 Å². The lowest BCUT2D eigenvalue weighted by molar-refractivity contribution is -0.130. The molecule has 1 aromatic carbocycles. The van der Waals surface area contributed by atoms with Crippen molar-refractivity contribution in [3.63, 3.8) is 0 Å². The van der Waals surface area contributed by atoms with Crippen LogP contribution in [0, 0.1) is 0 Å². The number of aryl methyl sites for hydroxylation is 1. The van der Waals surface area contributed by atoms with E-state index >= 15 is 0 Å². The smallest absolute Gasteiger partial charge is 0.260 e. The predicted octanol–water partition coefficient (Wildman–Crippen LogP) is 1.43. The van der Waals surface area contributed by atoms with Gasteiger partial charge in [0.1, 0.15) is 0 Å². The molecule has 5 heteroatoms. The van der Waals surface area contributed by atoms with E-state index in [1.807, 2.05) is 24.4 Å². The zero-order valence-corrected chi connectivity index (χ0v) is 11.0. The summed E-state index contributed by atoms with van der Waals surface area (Å²) in [5.41, 5.74) is 9.52. The van der Waals surface area contributed by atoms with Crippen molar-refractivity contribution in [3.8, 4) is 0 Å². The van der Waals surface area contributed by atoms with Gasteiger partial charge >= 0.3 is 0 Å². The molecule has 0 spiro atoms. The van der Waals surface area contributed by atoms with E-state index in [2.05, 4.69) is 17.6 Å². The maximum atomic E-state index is 11.3. The van der Waals surface area contributed by atoms with Crippen LogP contribution in [0.1, 0.15) is 18.9 Å². The van der Waals surface area contributed by atoms with Gasteiger partial charge in [-0.2, -0.15) is 0 Å². The first-order valence-electron chi connectivity index (χ1n) is 6.43. The highest BCUT2D eigenvalue weighted by Crippen LogP contribution is 2.22. The number of aromatic nitrogens is 1. The first-order chi connectivity index (χ1) is 9.17. The SMILES string of the molecule is CCCn1cc(C[C@@H](N)C(=O)NO)c2ccccc21. The first-order valence-corrected chi connectivity index (χ1v) is 6.43. The quantitative estimate of drug-likeness (QED) is 0.562. The summed E-state index contributed by atoms with van der Waals surface area (Å²) in [7, 11) is 0. The zero-order chi connectivity index (χ0) is 13.8. The number of amides is 1. The second kappa shape index (κ2) is 5.86. The molecule has 0 bridgehead atoms. The van der Waals surface area contributed by atoms with Crippen LogP contribution in [0.5, 0.6) is 0 Å². The molecular weight excluding hydrogens is 242 g/mol. The van der Waals surface area contributed by atoms with Gasteiger partial charge < -0.3 is 10.3 Å². The molecule has 0 fully saturated rings. The Bertz CT molecular complexity index is 577. The molecule has 1 aromatic heterocycles. The highest BCUT2D eigenvalue weighted by atomic mass is 16.5. The Hall–Kier alpha value is -1.85. The molecule has 0 saturated heterocycles. The van der Waals surface area contributed by atoms with Crippen LogP contribution in [0.2, 0.25) is 0 Å². The van der Waals surface area contributed by atoms with Crippen LogP contribution in [0.4, 0.5) is 0 Å². The third-order valence-electron chi connectivity index (χ3n) is 3.22. The van der Waals surface area contributed by atoms with Crippen LogP contribution in [0.3, 0.4) is 0 Å². The lowest BCUT2D eigenvalue weighted by Crippen LogP contribution is -2.40. The Morgan fingerprint density at radius 1 is 1.47 bits per heavy atom. The van der Waals surface area contributed by atoms with Crippen molar-refractivity contribution in [2.45, 2.75) is 32.4 Å². The highest BCUT2D eigenvalue weighted by Gasteiger charge is 2.16. The van der Waals surface area contributed by atoms with E-state index in [4.69, 9.17) is 10.9 Å². The van der Waals surface area contributed by atoms with E-state index in [0.29, 0.717) is 6.42 Å². The fourth-order valence-corrected chi connectivity index (χ4v) is 2.32. The number of para-hydroxylation sites is 1. The minimum absolute atomic E-state index is 0.406. The minimum atomic E-state index is -0.745. The average Bonchev–Trinajstić information content (AvgIpc) is 2.77. The number of nitrogens with two attached hydrogens (primary N) is 1. The van der Waals surface area contributed by atoms with Gasteiger partial charge in [0.25, 0.3) is 5.91 Å². The molecule has 2 rings (SSSR count). The third-order valence-corrected chi connectivity index (χ3v) is 3.22. The number of rotatable bonds is 5. The second-order valence-corrected chi connectivity index (χ2v) is 4.65. The van der Waals surface area contributed by atoms with Crippen molar-refractivity contribution >= 4 is 16.8 Å².